The smallest absolute Gasteiger partial charge is 0.249 e. The van der Waals surface area contributed by atoms with Crippen molar-refractivity contribution < 1.29 is 0 Å². The molecular formula is C10H9N3O. The third-order valence-electron chi connectivity index (χ3n) is 2.04. The minimum Gasteiger partial charge on any atom is -0.384 e. The number of rotatable bonds is 1. The number of aromatic amines is 1. The first-order valence-electron chi connectivity index (χ1n) is 4.15. The second kappa shape index (κ2) is 2.99. The summed E-state index contributed by atoms with van der Waals surface area (Å²) in [5.74, 6) is -0.0905. The maximum Gasteiger partial charge on any atom is 0.249 e. The van der Waals surface area contributed by atoms with E-state index in [1.165, 1.54) is 6.07 Å². The highest BCUT2D eigenvalue weighted by atomic mass is 16.1. The molecule has 0 fully saturated rings. The Morgan fingerprint density at radius 3 is 2.79 bits per heavy atom. The van der Waals surface area contributed by atoms with Gasteiger partial charge in [0.05, 0.1) is 0 Å². The monoisotopic (exact) mass is 187 g/mol. The lowest BCUT2D eigenvalue weighted by molar-refractivity contribution is 1.29. The standard InChI is InChI=1S/C10H9N3O/c11-10(12)7-5-9(14)13-8-4-2-1-3-6(7)8/h1-5H,(H3,11,12)(H,13,14). The van der Waals surface area contributed by atoms with Gasteiger partial charge in [-0.3, -0.25) is 10.2 Å². The van der Waals surface area contributed by atoms with Gasteiger partial charge in [-0.25, -0.2) is 0 Å². The average Bonchev–Trinajstić information content (AvgIpc) is 2.16. The molecule has 4 nitrogen and oxygen atoms in total. The van der Waals surface area contributed by atoms with Gasteiger partial charge in [-0.2, -0.15) is 0 Å². The summed E-state index contributed by atoms with van der Waals surface area (Å²) in [4.78, 5) is 13.9. The van der Waals surface area contributed by atoms with E-state index in [0.29, 0.717) is 11.1 Å². The lowest BCUT2D eigenvalue weighted by atomic mass is 10.1. The van der Waals surface area contributed by atoms with Crippen LogP contribution in [0, 0.1) is 5.41 Å². The molecule has 1 aromatic heterocycles. The van der Waals surface area contributed by atoms with E-state index in [-0.39, 0.29) is 11.4 Å². The Balaban J connectivity index is 2.94. The molecule has 0 aliphatic rings. The topological polar surface area (TPSA) is 82.7 Å². The first kappa shape index (κ1) is 8.50. The Hall–Kier alpha value is -2.10. The van der Waals surface area contributed by atoms with Crippen LogP contribution in [-0.4, -0.2) is 10.8 Å². The summed E-state index contributed by atoms with van der Waals surface area (Å²) in [6.07, 6.45) is 0. The van der Waals surface area contributed by atoms with E-state index in [1.807, 2.05) is 18.2 Å². The van der Waals surface area contributed by atoms with E-state index in [9.17, 15) is 4.79 Å². The molecule has 0 radical (unpaired) electrons. The molecule has 2 aromatic rings. The van der Waals surface area contributed by atoms with Gasteiger partial charge in [0.1, 0.15) is 5.84 Å². The molecule has 0 unspecified atom stereocenters. The van der Waals surface area contributed by atoms with Crippen molar-refractivity contribution in [3.05, 3.63) is 46.2 Å². The van der Waals surface area contributed by atoms with Crippen LogP contribution in [-0.2, 0) is 0 Å². The van der Waals surface area contributed by atoms with E-state index in [2.05, 4.69) is 4.98 Å². The fourth-order valence-electron chi connectivity index (χ4n) is 1.43. The van der Waals surface area contributed by atoms with Crippen molar-refractivity contribution >= 4 is 16.7 Å². The molecule has 0 aliphatic heterocycles. The molecule has 2 rings (SSSR count). The number of fused-ring (bicyclic) bond motifs is 1. The van der Waals surface area contributed by atoms with E-state index < -0.39 is 0 Å². The summed E-state index contributed by atoms with van der Waals surface area (Å²) >= 11 is 0. The molecule has 4 N–H and O–H groups in total. The summed E-state index contributed by atoms with van der Waals surface area (Å²) in [5, 5.41) is 8.13. The maximum absolute atomic E-state index is 11.2. The summed E-state index contributed by atoms with van der Waals surface area (Å²) in [6.45, 7) is 0. The van der Waals surface area contributed by atoms with Crippen LogP contribution in [0.2, 0.25) is 0 Å². The highest BCUT2D eigenvalue weighted by Gasteiger charge is 2.04. The fraction of sp³-hybridized carbons (Fsp3) is 0. The average molecular weight is 187 g/mol. The Labute approximate surface area is 79.9 Å². The summed E-state index contributed by atoms with van der Waals surface area (Å²) in [7, 11) is 0. The van der Waals surface area contributed by atoms with Crippen molar-refractivity contribution in [3.63, 3.8) is 0 Å². The highest BCUT2D eigenvalue weighted by molar-refractivity contribution is 6.06. The third kappa shape index (κ3) is 1.26. The first-order valence-corrected chi connectivity index (χ1v) is 4.15. The van der Waals surface area contributed by atoms with Crippen molar-refractivity contribution in [1.82, 2.24) is 4.98 Å². The van der Waals surface area contributed by atoms with Gasteiger partial charge in [0.25, 0.3) is 0 Å². The quantitative estimate of drug-likeness (QED) is 0.456. The van der Waals surface area contributed by atoms with Crippen LogP contribution in [0.25, 0.3) is 10.9 Å². The number of H-pyrrole nitrogens is 1. The number of pyridine rings is 1. The molecule has 0 amide bonds. The van der Waals surface area contributed by atoms with Crippen LogP contribution < -0.4 is 11.3 Å². The van der Waals surface area contributed by atoms with E-state index in [0.717, 1.165) is 5.39 Å². The highest BCUT2D eigenvalue weighted by Crippen LogP contribution is 2.13. The molecule has 14 heavy (non-hydrogen) atoms. The molecule has 1 heterocycles. The number of benzene rings is 1. The minimum atomic E-state index is -0.242. The third-order valence-corrected chi connectivity index (χ3v) is 2.04. The predicted molar refractivity (Wildman–Crippen MR) is 55.6 cm³/mol. The van der Waals surface area contributed by atoms with Gasteiger partial charge in [0.15, 0.2) is 0 Å². The predicted octanol–water partition coefficient (Wildman–Crippen LogP) is 0.812. The lowest BCUT2D eigenvalue weighted by Gasteiger charge is -2.02. The fourth-order valence-corrected chi connectivity index (χ4v) is 1.43. The van der Waals surface area contributed by atoms with Crippen LogP contribution in [0.3, 0.4) is 0 Å². The summed E-state index contributed by atoms with van der Waals surface area (Å²) < 4.78 is 0. The Kier molecular flexibility index (Phi) is 1.81. The molecule has 0 saturated carbocycles. The van der Waals surface area contributed by atoms with Crippen molar-refractivity contribution in [2.24, 2.45) is 5.73 Å². The van der Waals surface area contributed by atoms with Gasteiger partial charge in [-0.05, 0) is 6.07 Å². The number of para-hydroxylation sites is 1. The number of amidine groups is 1. The Bertz CT molecular complexity index is 557. The van der Waals surface area contributed by atoms with Gasteiger partial charge in [-0.1, -0.05) is 18.2 Å². The zero-order valence-electron chi connectivity index (χ0n) is 7.37. The van der Waals surface area contributed by atoms with Gasteiger partial charge in [0, 0.05) is 22.5 Å². The molecule has 4 heteroatoms. The normalized spacial score (nSPS) is 10.3. The number of aromatic nitrogens is 1. The number of nitrogens with two attached hydrogens (primary N) is 1. The van der Waals surface area contributed by atoms with Gasteiger partial charge in [0.2, 0.25) is 5.56 Å². The van der Waals surface area contributed by atoms with E-state index in [4.69, 9.17) is 11.1 Å². The second-order valence-corrected chi connectivity index (χ2v) is 3.01. The molecular weight excluding hydrogens is 178 g/mol. The Morgan fingerprint density at radius 2 is 2.07 bits per heavy atom. The van der Waals surface area contributed by atoms with Gasteiger partial charge < -0.3 is 10.7 Å². The largest absolute Gasteiger partial charge is 0.384 e. The molecule has 1 aromatic carbocycles. The van der Waals surface area contributed by atoms with Crippen LogP contribution in [0.4, 0.5) is 0 Å². The number of hydrogen-bond donors (Lipinski definition) is 3. The molecule has 0 aliphatic carbocycles. The van der Waals surface area contributed by atoms with Crippen LogP contribution in [0.5, 0.6) is 0 Å². The molecule has 0 saturated heterocycles. The zero-order valence-corrected chi connectivity index (χ0v) is 7.37. The zero-order chi connectivity index (χ0) is 10.1. The molecule has 0 bridgehead atoms. The maximum atomic E-state index is 11.2. The molecule has 70 valence electrons. The van der Waals surface area contributed by atoms with Gasteiger partial charge in [-0.15, -0.1) is 0 Å². The molecule has 0 spiro atoms. The lowest BCUT2D eigenvalue weighted by Crippen LogP contribution is -2.16. The van der Waals surface area contributed by atoms with E-state index >= 15 is 0 Å². The van der Waals surface area contributed by atoms with Crippen LogP contribution in [0.15, 0.2) is 35.1 Å². The van der Waals surface area contributed by atoms with Crippen molar-refractivity contribution in [2.45, 2.75) is 0 Å². The van der Waals surface area contributed by atoms with Crippen molar-refractivity contribution in [1.29, 1.82) is 5.41 Å². The summed E-state index contributed by atoms with van der Waals surface area (Å²) in [5.41, 5.74) is 6.31. The number of nitrogen functional groups attached to an aromatic ring is 1. The van der Waals surface area contributed by atoms with Gasteiger partial charge >= 0.3 is 0 Å². The van der Waals surface area contributed by atoms with E-state index in [1.54, 1.807) is 6.07 Å². The second-order valence-electron chi connectivity index (χ2n) is 3.01. The first-order chi connectivity index (χ1) is 6.68. The Morgan fingerprint density at radius 1 is 1.36 bits per heavy atom. The SMILES string of the molecule is N=C(N)c1cc(=O)[nH]c2ccccc12. The van der Waals surface area contributed by atoms with Crippen LogP contribution >= 0.6 is 0 Å². The number of nitrogens with one attached hydrogen (secondary N) is 2. The van der Waals surface area contributed by atoms with Crippen molar-refractivity contribution in [3.8, 4) is 0 Å². The summed E-state index contributed by atoms with van der Waals surface area (Å²) in [6, 6.07) is 8.60. The minimum absolute atomic E-state index is 0.0905. The van der Waals surface area contributed by atoms with Crippen LogP contribution in [0.1, 0.15) is 5.56 Å². The molecule has 0 atom stereocenters. The number of hydrogen-bond acceptors (Lipinski definition) is 2. The van der Waals surface area contributed by atoms with Crippen molar-refractivity contribution in [2.75, 3.05) is 0 Å².